The van der Waals surface area contributed by atoms with Gasteiger partial charge >= 0.3 is 6.18 Å². The standard InChI is InChI=1S/C15H25F3N6O/c1-5-19-12(23-10-14(2,3)25-4)21-8-9-22-13-20-7-6-11(24-13)15(16,17)18/h6-7H,5,8-10H2,1-4H3,(H2,19,21,23)(H,20,22,24). The Kier molecular flexibility index (Phi) is 7.88. The molecule has 142 valence electrons. The molecule has 1 aromatic rings. The van der Waals surface area contributed by atoms with Gasteiger partial charge < -0.3 is 20.7 Å². The van der Waals surface area contributed by atoms with Crippen molar-refractivity contribution in [2.24, 2.45) is 4.99 Å². The van der Waals surface area contributed by atoms with Crippen molar-refractivity contribution in [2.75, 3.05) is 38.6 Å². The van der Waals surface area contributed by atoms with E-state index in [2.05, 4.69) is 30.9 Å². The van der Waals surface area contributed by atoms with Crippen molar-refractivity contribution < 1.29 is 17.9 Å². The van der Waals surface area contributed by atoms with Gasteiger partial charge in [0.1, 0.15) is 5.69 Å². The van der Waals surface area contributed by atoms with Crippen LogP contribution in [0, 0.1) is 0 Å². The van der Waals surface area contributed by atoms with E-state index in [-0.39, 0.29) is 11.5 Å². The predicted octanol–water partition coefficient (Wildman–Crippen LogP) is 1.89. The van der Waals surface area contributed by atoms with Crippen LogP contribution >= 0.6 is 0 Å². The molecule has 0 unspecified atom stereocenters. The summed E-state index contributed by atoms with van der Waals surface area (Å²) in [6.45, 7) is 7.69. The highest BCUT2D eigenvalue weighted by Gasteiger charge is 2.32. The van der Waals surface area contributed by atoms with E-state index in [1.165, 1.54) is 0 Å². The van der Waals surface area contributed by atoms with Gasteiger partial charge in [0.15, 0.2) is 5.96 Å². The number of hydrogen-bond acceptors (Lipinski definition) is 5. The summed E-state index contributed by atoms with van der Waals surface area (Å²) in [7, 11) is 1.62. The summed E-state index contributed by atoms with van der Waals surface area (Å²) in [5, 5.41) is 8.90. The molecule has 0 saturated carbocycles. The fraction of sp³-hybridized carbons (Fsp3) is 0.667. The lowest BCUT2D eigenvalue weighted by molar-refractivity contribution is -0.141. The average molecular weight is 362 g/mol. The molecular formula is C15H25F3N6O. The molecule has 0 radical (unpaired) electrons. The molecule has 0 aliphatic rings. The zero-order valence-electron chi connectivity index (χ0n) is 14.9. The number of aliphatic imine (C=N–C) groups is 1. The van der Waals surface area contributed by atoms with Crippen molar-refractivity contribution >= 4 is 11.9 Å². The van der Waals surface area contributed by atoms with E-state index in [1.54, 1.807) is 7.11 Å². The number of alkyl halides is 3. The van der Waals surface area contributed by atoms with Crippen LogP contribution in [-0.2, 0) is 10.9 Å². The minimum atomic E-state index is -4.49. The maximum absolute atomic E-state index is 12.6. The SMILES string of the molecule is CCNC(=NCC(C)(C)OC)NCCNc1nccc(C(F)(F)F)n1. The van der Waals surface area contributed by atoms with E-state index >= 15 is 0 Å². The van der Waals surface area contributed by atoms with Gasteiger partial charge in [0.25, 0.3) is 0 Å². The number of methoxy groups -OCH3 is 1. The van der Waals surface area contributed by atoms with Crippen molar-refractivity contribution in [3.8, 4) is 0 Å². The van der Waals surface area contributed by atoms with Crippen LogP contribution in [-0.4, -0.2) is 54.8 Å². The minimum absolute atomic E-state index is 0.0703. The fourth-order valence-electron chi connectivity index (χ4n) is 1.63. The Morgan fingerprint density at radius 3 is 2.56 bits per heavy atom. The van der Waals surface area contributed by atoms with Gasteiger partial charge in [0, 0.05) is 32.9 Å². The van der Waals surface area contributed by atoms with E-state index in [4.69, 9.17) is 4.74 Å². The first kappa shape index (κ1) is 20.9. The van der Waals surface area contributed by atoms with Gasteiger partial charge in [-0.05, 0) is 26.8 Å². The number of rotatable bonds is 8. The second-order valence-corrected chi connectivity index (χ2v) is 5.78. The van der Waals surface area contributed by atoms with Gasteiger partial charge in [-0.1, -0.05) is 0 Å². The summed E-state index contributed by atoms with van der Waals surface area (Å²) in [6, 6.07) is 0.830. The van der Waals surface area contributed by atoms with Crippen LogP contribution in [0.5, 0.6) is 0 Å². The number of guanidine groups is 1. The smallest absolute Gasteiger partial charge is 0.377 e. The molecule has 1 heterocycles. The third kappa shape index (κ3) is 8.01. The molecule has 0 atom stereocenters. The van der Waals surface area contributed by atoms with E-state index in [9.17, 15) is 13.2 Å². The largest absolute Gasteiger partial charge is 0.433 e. The molecule has 1 aromatic heterocycles. The molecule has 7 nitrogen and oxygen atoms in total. The van der Waals surface area contributed by atoms with Crippen molar-refractivity contribution in [3.63, 3.8) is 0 Å². The second kappa shape index (κ2) is 9.40. The molecule has 3 N–H and O–H groups in total. The number of nitrogens with zero attached hydrogens (tertiary/aromatic N) is 3. The van der Waals surface area contributed by atoms with Gasteiger partial charge in [0.05, 0.1) is 12.1 Å². The summed E-state index contributed by atoms with van der Waals surface area (Å²) >= 11 is 0. The fourth-order valence-corrected chi connectivity index (χ4v) is 1.63. The van der Waals surface area contributed by atoms with Crippen molar-refractivity contribution in [3.05, 3.63) is 18.0 Å². The van der Waals surface area contributed by atoms with Crippen molar-refractivity contribution in [1.82, 2.24) is 20.6 Å². The Bertz CT molecular complexity index is 562. The van der Waals surface area contributed by atoms with E-state index in [0.29, 0.717) is 32.1 Å². The zero-order chi connectivity index (χ0) is 18.9. The first-order chi connectivity index (χ1) is 11.7. The summed E-state index contributed by atoms with van der Waals surface area (Å²) in [5.74, 6) is 0.526. The second-order valence-electron chi connectivity index (χ2n) is 5.78. The number of ether oxygens (including phenoxy) is 1. The van der Waals surface area contributed by atoms with Gasteiger partial charge in [0.2, 0.25) is 5.95 Å². The average Bonchev–Trinajstić information content (AvgIpc) is 2.56. The molecule has 0 aliphatic carbocycles. The Hall–Kier alpha value is -2.10. The molecule has 0 bridgehead atoms. The number of hydrogen-bond donors (Lipinski definition) is 3. The first-order valence-corrected chi connectivity index (χ1v) is 7.89. The lowest BCUT2D eigenvalue weighted by atomic mass is 10.1. The number of halogens is 3. The van der Waals surface area contributed by atoms with Crippen LogP contribution < -0.4 is 16.0 Å². The van der Waals surface area contributed by atoms with Crippen LogP contribution in [0.3, 0.4) is 0 Å². The molecule has 1 rings (SSSR count). The van der Waals surface area contributed by atoms with Crippen molar-refractivity contribution in [2.45, 2.75) is 32.5 Å². The molecular weight excluding hydrogens is 337 g/mol. The molecule has 0 amide bonds. The molecule has 0 spiro atoms. The van der Waals surface area contributed by atoms with Gasteiger partial charge in [-0.25, -0.2) is 9.97 Å². The topological polar surface area (TPSA) is 83.5 Å². The minimum Gasteiger partial charge on any atom is -0.377 e. The number of anilines is 1. The van der Waals surface area contributed by atoms with Crippen LogP contribution in [0.15, 0.2) is 17.3 Å². The van der Waals surface area contributed by atoms with Gasteiger partial charge in [-0.15, -0.1) is 0 Å². The summed E-state index contributed by atoms with van der Waals surface area (Å²) < 4.78 is 43.1. The molecule has 0 aromatic carbocycles. The lowest BCUT2D eigenvalue weighted by Gasteiger charge is -2.21. The zero-order valence-corrected chi connectivity index (χ0v) is 14.9. The molecule has 0 saturated heterocycles. The first-order valence-electron chi connectivity index (χ1n) is 7.89. The quantitative estimate of drug-likeness (QED) is 0.372. The summed E-state index contributed by atoms with van der Waals surface area (Å²) in [6.07, 6.45) is -3.42. The number of aromatic nitrogens is 2. The van der Waals surface area contributed by atoms with Gasteiger partial charge in [-0.2, -0.15) is 13.2 Å². The third-order valence-electron chi connectivity index (χ3n) is 3.16. The van der Waals surface area contributed by atoms with Gasteiger partial charge in [-0.3, -0.25) is 4.99 Å². The lowest BCUT2D eigenvalue weighted by Crippen LogP contribution is -2.41. The highest BCUT2D eigenvalue weighted by Crippen LogP contribution is 2.27. The van der Waals surface area contributed by atoms with Crippen LogP contribution in [0.2, 0.25) is 0 Å². The predicted molar refractivity (Wildman–Crippen MR) is 90.6 cm³/mol. The summed E-state index contributed by atoms with van der Waals surface area (Å²) in [5.41, 5.74) is -1.36. The molecule has 25 heavy (non-hydrogen) atoms. The summed E-state index contributed by atoms with van der Waals surface area (Å²) in [4.78, 5) is 11.6. The van der Waals surface area contributed by atoms with Crippen LogP contribution in [0.4, 0.5) is 19.1 Å². The Balaban J connectivity index is 2.50. The maximum Gasteiger partial charge on any atom is 0.433 e. The Morgan fingerprint density at radius 2 is 1.96 bits per heavy atom. The Morgan fingerprint density at radius 1 is 1.24 bits per heavy atom. The maximum atomic E-state index is 12.6. The molecule has 0 fully saturated rings. The van der Waals surface area contributed by atoms with Crippen LogP contribution in [0.1, 0.15) is 26.5 Å². The van der Waals surface area contributed by atoms with Crippen LogP contribution in [0.25, 0.3) is 0 Å². The molecule has 10 heteroatoms. The molecule has 0 aliphatic heterocycles. The van der Waals surface area contributed by atoms with E-state index < -0.39 is 11.9 Å². The van der Waals surface area contributed by atoms with E-state index in [1.807, 2.05) is 20.8 Å². The number of nitrogens with one attached hydrogen (secondary N) is 3. The highest BCUT2D eigenvalue weighted by atomic mass is 19.4. The normalized spacial score (nSPS) is 12.8. The van der Waals surface area contributed by atoms with E-state index in [0.717, 1.165) is 12.3 Å². The monoisotopic (exact) mass is 362 g/mol. The highest BCUT2D eigenvalue weighted by molar-refractivity contribution is 5.79. The third-order valence-corrected chi connectivity index (χ3v) is 3.16. The Labute approximate surface area is 145 Å². The van der Waals surface area contributed by atoms with Crippen molar-refractivity contribution in [1.29, 1.82) is 0 Å².